The van der Waals surface area contributed by atoms with Gasteiger partial charge < -0.3 is 5.32 Å². The van der Waals surface area contributed by atoms with Gasteiger partial charge in [0.1, 0.15) is 0 Å². The van der Waals surface area contributed by atoms with Crippen molar-refractivity contribution >= 4 is 11.8 Å². The van der Waals surface area contributed by atoms with Gasteiger partial charge in [0, 0.05) is 31.3 Å². The summed E-state index contributed by atoms with van der Waals surface area (Å²) in [5.41, 5.74) is 1.21. The summed E-state index contributed by atoms with van der Waals surface area (Å²) < 4.78 is 1.64. The lowest BCUT2D eigenvalue weighted by atomic mass is 9.95. The predicted octanol–water partition coefficient (Wildman–Crippen LogP) is 2.73. The van der Waals surface area contributed by atoms with E-state index in [1.807, 2.05) is 32.2 Å². The lowest BCUT2D eigenvalue weighted by Gasteiger charge is -2.21. The predicted molar refractivity (Wildman–Crippen MR) is 79.7 cm³/mol. The van der Waals surface area contributed by atoms with E-state index in [1.54, 1.807) is 16.9 Å². The van der Waals surface area contributed by atoms with Gasteiger partial charge in [-0.2, -0.15) is 5.10 Å². The van der Waals surface area contributed by atoms with E-state index in [-0.39, 0.29) is 18.0 Å². The van der Waals surface area contributed by atoms with E-state index in [2.05, 4.69) is 34.8 Å². The number of anilines is 1. The molecule has 2 N–H and O–H groups in total. The van der Waals surface area contributed by atoms with Gasteiger partial charge in [0.15, 0.2) is 5.82 Å². The molecule has 1 aromatic carbocycles. The van der Waals surface area contributed by atoms with Crippen LogP contribution < -0.4 is 10.6 Å². The molecule has 5 nitrogen and oxygen atoms in total. The Morgan fingerprint density at radius 1 is 1.20 bits per heavy atom. The average molecular weight is 272 g/mol. The number of hydrogen-bond donors (Lipinski definition) is 2. The van der Waals surface area contributed by atoms with Crippen molar-refractivity contribution in [2.45, 2.75) is 25.8 Å². The van der Waals surface area contributed by atoms with E-state index in [1.165, 1.54) is 5.56 Å². The zero-order valence-corrected chi connectivity index (χ0v) is 12.0. The van der Waals surface area contributed by atoms with Crippen molar-refractivity contribution in [2.24, 2.45) is 7.05 Å². The molecular weight excluding hydrogens is 252 g/mol. The molecule has 2 aromatic rings. The largest absolute Gasteiger partial charge is 0.335 e. The summed E-state index contributed by atoms with van der Waals surface area (Å²) in [5.74, 6) is 0.787. The maximum Gasteiger partial charge on any atom is 0.320 e. The fourth-order valence-corrected chi connectivity index (χ4v) is 2.01. The molecule has 1 aromatic heterocycles. The first-order valence-electron chi connectivity index (χ1n) is 6.68. The van der Waals surface area contributed by atoms with E-state index >= 15 is 0 Å². The van der Waals surface area contributed by atoms with Crippen LogP contribution in [0.2, 0.25) is 0 Å². The van der Waals surface area contributed by atoms with Crippen LogP contribution in [-0.2, 0) is 7.05 Å². The molecule has 2 atom stereocenters. The third kappa shape index (κ3) is 3.60. The minimum Gasteiger partial charge on any atom is -0.335 e. The number of amides is 2. The third-order valence-corrected chi connectivity index (χ3v) is 3.39. The van der Waals surface area contributed by atoms with E-state index < -0.39 is 0 Å². The molecule has 0 aliphatic rings. The molecule has 106 valence electrons. The Kier molecular flexibility index (Phi) is 4.40. The summed E-state index contributed by atoms with van der Waals surface area (Å²) in [6, 6.07) is 11.7. The number of urea groups is 1. The molecule has 0 spiro atoms. The fourth-order valence-electron chi connectivity index (χ4n) is 2.01. The van der Waals surface area contributed by atoms with Crippen LogP contribution >= 0.6 is 0 Å². The first-order valence-corrected chi connectivity index (χ1v) is 6.68. The van der Waals surface area contributed by atoms with Crippen LogP contribution in [0, 0.1) is 0 Å². The molecule has 2 amide bonds. The minimum absolute atomic E-state index is 0.0288. The number of nitrogens with zero attached hydrogens (tertiary/aromatic N) is 2. The minimum atomic E-state index is -0.237. The van der Waals surface area contributed by atoms with Crippen molar-refractivity contribution in [2.75, 3.05) is 5.32 Å². The van der Waals surface area contributed by atoms with Crippen molar-refractivity contribution in [1.82, 2.24) is 15.1 Å². The van der Waals surface area contributed by atoms with E-state index in [9.17, 15) is 4.79 Å². The zero-order valence-electron chi connectivity index (χ0n) is 12.0. The number of carbonyl (C=O) groups is 1. The molecule has 0 fully saturated rings. The van der Waals surface area contributed by atoms with Crippen LogP contribution in [0.4, 0.5) is 10.6 Å². The van der Waals surface area contributed by atoms with E-state index in [0.29, 0.717) is 5.82 Å². The summed E-state index contributed by atoms with van der Waals surface area (Å²) in [5, 5.41) is 9.76. The molecule has 20 heavy (non-hydrogen) atoms. The van der Waals surface area contributed by atoms with Crippen LogP contribution in [0.1, 0.15) is 25.3 Å². The number of aromatic nitrogens is 2. The Balaban J connectivity index is 1.90. The van der Waals surface area contributed by atoms with Crippen molar-refractivity contribution in [1.29, 1.82) is 0 Å². The molecular formula is C15H20N4O. The van der Waals surface area contributed by atoms with Crippen LogP contribution in [-0.4, -0.2) is 21.9 Å². The van der Waals surface area contributed by atoms with Crippen molar-refractivity contribution < 1.29 is 4.79 Å². The monoisotopic (exact) mass is 272 g/mol. The smallest absolute Gasteiger partial charge is 0.320 e. The Hall–Kier alpha value is -2.30. The molecule has 2 rings (SSSR count). The van der Waals surface area contributed by atoms with Gasteiger partial charge in [-0.3, -0.25) is 10.00 Å². The Morgan fingerprint density at radius 3 is 2.50 bits per heavy atom. The van der Waals surface area contributed by atoms with Crippen LogP contribution in [0.25, 0.3) is 0 Å². The number of benzene rings is 1. The third-order valence-electron chi connectivity index (χ3n) is 3.39. The first kappa shape index (κ1) is 14.1. The van der Waals surface area contributed by atoms with Gasteiger partial charge in [0.2, 0.25) is 0 Å². The molecule has 0 bridgehead atoms. The number of carbonyl (C=O) groups excluding carboxylic acids is 1. The van der Waals surface area contributed by atoms with Gasteiger partial charge in [-0.05, 0) is 12.5 Å². The highest BCUT2D eigenvalue weighted by atomic mass is 16.2. The van der Waals surface area contributed by atoms with Crippen LogP contribution in [0.3, 0.4) is 0 Å². The normalized spacial score (nSPS) is 13.6. The van der Waals surface area contributed by atoms with Crippen LogP contribution in [0.5, 0.6) is 0 Å². The van der Waals surface area contributed by atoms with E-state index in [0.717, 1.165) is 0 Å². The maximum absolute atomic E-state index is 11.9. The Bertz CT molecular complexity index is 564. The van der Waals surface area contributed by atoms with Gasteiger partial charge in [0.25, 0.3) is 0 Å². The lowest BCUT2D eigenvalue weighted by molar-refractivity contribution is 0.247. The molecule has 0 saturated heterocycles. The van der Waals surface area contributed by atoms with Crippen molar-refractivity contribution in [3.05, 3.63) is 48.2 Å². The maximum atomic E-state index is 11.9. The lowest BCUT2D eigenvalue weighted by Crippen LogP contribution is -2.39. The summed E-state index contributed by atoms with van der Waals surface area (Å²) in [6.07, 6.45) is 1.78. The fraction of sp³-hybridized carbons (Fsp3) is 0.333. The van der Waals surface area contributed by atoms with Gasteiger partial charge in [-0.1, -0.05) is 37.3 Å². The Morgan fingerprint density at radius 2 is 1.90 bits per heavy atom. The van der Waals surface area contributed by atoms with Crippen molar-refractivity contribution in [3.63, 3.8) is 0 Å². The second-order valence-electron chi connectivity index (χ2n) is 4.96. The second kappa shape index (κ2) is 6.23. The summed E-state index contributed by atoms with van der Waals surface area (Å²) >= 11 is 0. The molecule has 0 radical (unpaired) electrons. The van der Waals surface area contributed by atoms with Gasteiger partial charge in [-0.25, -0.2) is 4.79 Å². The quantitative estimate of drug-likeness (QED) is 0.899. The first-order chi connectivity index (χ1) is 9.56. The SMILES string of the molecule is C[C@H](NC(=O)Nc1ccn(C)n1)[C@H](C)c1ccccc1. The number of nitrogens with one attached hydrogen (secondary N) is 2. The highest BCUT2D eigenvalue weighted by Crippen LogP contribution is 2.18. The van der Waals surface area contributed by atoms with Gasteiger partial charge in [0.05, 0.1) is 0 Å². The average Bonchev–Trinajstić information content (AvgIpc) is 2.84. The van der Waals surface area contributed by atoms with Gasteiger partial charge >= 0.3 is 6.03 Å². The Labute approximate surface area is 119 Å². The highest BCUT2D eigenvalue weighted by molar-refractivity contribution is 5.88. The van der Waals surface area contributed by atoms with Gasteiger partial charge in [-0.15, -0.1) is 0 Å². The number of hydrogen-bond acceptors (Lipinski definition) is 2. The zero-order chi connectivity index (χ0) is 14.5. The number of rotatable bonds is 4. The molecule has 0 saturated carbocycles. The van der Waals surface area contributed by atoms with E-state index in [4.69, 9.17) is 0 Å². The highest BCUT2D eigenvalue weighted by Gasteiger charge is 2.16. The van der Waals surface area contributed by atoms with Crippen molar-refractivity contribution in [3.8, 4) is 0 Å². The summed E-state index contributed by atoms with van der Waals surface area (Å²) in [7, 11) is 1.81. The second-order valence-corrected chi connectivity index (χ2v) is 4.96. The summed E-state index contributed by atoms with van der Waals surface area (Å²) in [4.78, 5) is 11.9. The number of aryl methyl sites for hydroxylation is 1. The summed E-state index contributed by atoms with van der Waals surface area (Å²) in [6.45, 7) is 4.09. The molecule has 5 heteroatoms. The topological polar surface area (TPSA) is 59.0 Å². The van der Waals surface area contributed by atoms with Crippen LogP contribution in [0.15, 0.2) is 42.6 Å². The molecule has 0 aliphatic carbocycles. The standard InChI is InChI=1S/C15H20N4O/c1-11(13-7-5-4-6-8-13)12(2)16-15(20)17-14-9-10-19(3)18-14/h4-12H,1-3H3,(H2,16,17,18,20)/t11-,12-/m0/s1. The molecule has 0 unspecified atom stereocenters. The molecule has 1 heterocycles. The molecule has 0 aliphatic heterocycles.